The summed E-state index contributed by atoms with van der Waals surface area (Å²) in [5, 5.41) is 12.4. The molecule has 23 heavy (non-hydrogen) atoms. The highest BCUT2D eigenvalue weighted by molar-refractivity contribution is 5.82. The van der Waals surface area contributed by atoms with Crippen molar-refractivity contribution in [1.82, 2.24) is 9.13 Å². The molecule has 7 heteroatoms. The second-order valence-corrected chi connectivity index (χ2v) is 7.90. The maximum Gasteiger partial charge on any atom is 0.333 e. The summed E-state index contributed by atoms with van der Waals surface area (Å²) in [5.74, 6) is -0.345. The summed E-state index contributed by atoms with van der Waals surface area (Å²) < 4.78 is 2.02. The molecule has 0 aliphatic carbocycles. The van der Waals surface area contributed by atoms with E-state index in [0.717, 1.165) is 22.0 Å². The van der Waals surface area contributed by atoms with Gasteiger partial charge in [0.25, 0.3) is 5.56 Å². The summed E-state index contributed by atoms with van der Waals surface area (Å²) in [6.45, 7) is 8.72. The lowest BCUT2D eigenvalue weighted by atomic mass is 9.80. The Kier molecular flexibility index (Phi) is 4.28. The first-order chi connectivity index (χ1) is 10.4. The quantitative estimate of drug-likeness (QED) is 0.718. The Balaban J connectivity index is 2.38. The van der Waals surface area contributed by atoms with Crippen molar-refractivity contribution in [2.45, 2.75) is 57.7 Å². The molecule has 1 aliphatic heterocycles. The molecule has 1 saturated heterocycles. The van der Waals surface area contributed by atoms with E-state index < -0.39 is 11.2 Å². The molecule has 1 aromatic heterocycles. The van der Waals surface area contributed by atoms with E-state index in [-0.39, 0.29) is 28.6 Å². The third-order valence-electron chi connectivity index (χ3n) is 4.39. The average molecular weight is 323 g/mol. The predicted octanol–water partition coefficient (Wildman–Crippen LogP) is -0.508. The lowest BCUT2D eigenvalue weighted by molar-refractivity contribution is -0.787. The smallest absolute Gasteiger partial charge is 0.333 e. The SMILES string of the molecule is Cn1c(O)c(C=NC2CC(C)(C)[NH2+]C(C)(C)C2)c(=O)n(C)c1=O. The molecule has 0 spiro atoms. The number of nitrogens with zero attached hydrogens (tertiary/aromatic N) is 3. The Bertz CT molecular complexity index is 740. The summed E-state index contributed by atoms with van der Waals surface area (Å²) >= 11 is 0. The number of hydrogen-bond acceptors (Lipinski definition) is 4. The number of quaternary nitrogens is 1. The van der Waals surface area contributed by atoms with Crippen LogP contribution in [-0.2, 0) is 14.1 Å². The maximum absolute atomic E-state index is 12.2. The van der Waals surface area contributed by atoms with E-state index in [0.29, 0.717) is 0 Å². The van der Waals surface area contributed by atoms with E-state index >= 15 is 0 Å². The van der Waals surface area contributed by atoms with Crippen LogP contribution in [0.2, 0.25) is 0 Å². The van der Waals surface area contributed by atoms with Gasteiger partial charge in [-0.1, -0.05) is 0 Å². The summed E-state index contributed by atoms with van der Waals surface area (Å²) in [5.41, 5.74) is -0.894. The van der Waals surface area contributed by atoms with Gasteiger partial charge in [-0.2, -0.15) is 0 Å². The van der Waals surface area contributed by atoms with Gasteiger partial charge in [0.2, 0.25) is 5.88 Å². The minimum atomic E-state index is -0.556. The number of piperidine rings is 1. The van der Waals surface area contributed by atoms with Crippen LogP contribution >= 0.6 is 0 Å². The van der Waals surface area contributed by atoms with Crippen molar-refractivity contribution in [3.63, 3.8) is 0 Å². The van der Waals surface area contributed by atoms with Gasteiger partial charge in [-0.05, 0) is 27.7 Å². The molecule has 0 aromatic carbocycles. The Morgan fingerprint density at radius 2 is 1.65 bits per heavy atom. The van der Waals surface area contributed by atoms with E-state index in [1.165, 1.54) is 20.3 Å². The highest BCUT2D eigenvalue weighted by Gasteiger charge is 2.41. The highest BCUT2D eigenvalue weighted by Crippen LogP contribution is 2.24. The molecule has 7 nitrogen and oxygen atoms in total. The third kappa shape index (κ3) is 3.55. The van der Waals surface area contributed by atoms with Gasteiger partial charge in [0.05, 0.1) is 17.1 Å². The number of aromatic hydroxyl groups is 1. The second kappa shape index (κ2) is 5.63. The van der Waals surface area contributed by atoms with Crippen LogP contribution in [0, 0.1) is 0 Å². The first-order valence-corrected chi connectivity index (χ1v) is 7.83. The zero-order chi connectivity index (χ0) is 17.6. The molecule has 0 atom stereocenters. The predicted molar refractivity (Wildman–Crippen MR) is 89.3 cm³/mol. The number of hydrogen-bond donors (Lipinski definition) is 2. The van der Waals surface area contributed by atoms with Crippen molar-refractivity contribution in [2.75, 3.05) is 0 Å². The van der Waals surface area contributed by atoms with E-state index in [2.05, 4.69) is 38.0 Å². The molecule has 1 aromatic rings. The zero-order valence-corrected chi connectivity index (χ0v) is 14.8. The maximum atomic E-state index is 12.2. The van der Waals surface area contributed by atoms with Crippen LogP contribution in [0.5, 0.6) is 5.88 Å². The van der Waals surface area contributed by atoms with Crippen molar-refractivity contribution in [1.29, 1.82) is 0 Å². The van der Waals surface area contributed by atoms with Crippen LogP contribution in [0.15, 0.2) is 14.6 Å². The fourth-order valence-electron chi connectivity index (χ4n) is 3.72. The standard InChI is InChI=1S/C16H26N4O3/c1-15(2)7-10(8-16(3,4)18-15)17-9-11-12(21)19(5)14(23)20(6)13(11)22/h9-10,18,21H,7-8H2,1-6H3/p+1. The highest BCUT2D eigenvalue weighted by atomic mass is 16.3. The third-order valence-corrected chi connectivity index (χ3v) is 4.39. The molecule has 2 rings (SSSR count). The van der Waals surface area contributed by atoms with Gasteiger partial charge in [-0.15, -0.1) is 0 Å². The zero-order valence-electron chi connectivity index (χ0n) is 14.8. The number of nitrogens with two attached hydrogens (primary N) is 1. The van der Waals surface area contributed by atoms with Crippen LogP contribution in [0.25, 0.3) is 0 Å². The van der Waals surface area contributed by atoms with Gasteiger partial charge in [0.1, 0.15) is 5.56 Å². The molecule has 1 fully saturated rings. The lowest BCUT2D eigenvalue weighted by Crippen LogP contribution is -3.05. The summed E-state index contributed by atoms with van der Waals surface area (Å²) in [4.78, 5) is 28.5. The molecule has 0 radical (unpaired) electrons. The van der Waals surface area contributed by atoms with Crippen molar-refractivity contribution in [3.8, 4) is 5.88 Å². The van der Waals surface area contributed by atoms with E-state index in [1.807, 2.05) is 0 Å². The van der Waals surface area contributed by atoms with Crippen LogP contribution in [0.3, 0.4) is 0 Å². The molecule has 0 amide bonds. The molecular weight excluding hydrogens is 296 g/mol. The van der Waals surface area contributed by atoms with Crippen molar-refractivity contribution < 1.29 is 10.4 Å². The Morgan fingerprint density at radius 1 is 1.13 bits per heavy atom. The summed E-state index contributed by atoms with van der Waals surface area (Å²) in [7, 11) is 2.82. The average Bonchev–Trinajstić information content (AvgIpc) is 2.39. The van der Waals surface area contributed by atoms with E-state index in [9.17, 15) is 14.7 Å². The fourth-order valence-corrected chi connectivity index (χ4v) is 3.72. The monoisotopic (exact) mass is 323 g/mol. The summed E-state index contributed by atoms with van der Waals surface area (Å²) in [6, 6.07) is 0.0753. The van der Waals surface area contributed by atoms with Crippen LogP contribution in [-0.4, -0.2) is 37.6 Å². The Hall–Kier alpha value is -1.89. The van der Waals surface area contributed by atoms with Crippen molar-refractivity contribution in [2.24, 2.45) is 19.1 Å². The first-order valence-electron chi connectivity index (χ1n) is 7.83. The molecule has 0 bridgehead atoms. The summed E-state index contributed by atoms with van der Waals surface area (Å²) in [6.07, 6.45) is 3.19. The fraction of sp³-hybridized carbons (Fsp3) is 0.688. The van der Waals surface area contributed by atoms with E-state index in [4.69, 9.17) is 0 Å². The van der Waals surface area contributed by atoms with Gasteiger partial charge in [0, 0.05) is 33.2 Å². The van der Waals surface area contributed by atoms with Gasteiger partial charge in [-0.3, -0.25) is 18.9 Å². The molecule has 1 aliphatic rings. The first kappa shape index (κ1) is 17.5. The van der Waals surface area contributed by atoms with Crippen LogP contribution < -0.4 is 16.6 Å². The molecular formula is C16H27N4O3+. The van der Waals surface area contributed by atoms with Gasteiger partial charge < -0.3 is 10.4 Å². The van der Waals surface area contributed by atoms with Gasteiger partial charge in [0.15, 0.2) is 0 Å². The van der Waals surface area contributed by atoms with Crippen molar-refractivity contribution in [3.05, 3.63) is 26.4 Å². The van der Waals surface area contributed by atoms with Gasteiger partial charge in [-0.25, -0.2) is 4.79 Å². The normalized spacial score (nSPS) is 21.0. The lowest BCUT2D eigenvalue weighted by Gasteiger charge is -2.41. The number of aromatic nitrogens is 2. The molecule has 0 saturated carbocycles. The van der Waals surface area contributed by atoms with Crippen molar-refractivity contribution >= 4 is 6.21 Å². The number of aliphatic imine (C=N–C) groups is 1. The van der Waals surface area contributed by atoms with Crippen LogP contribution in [0.1, 0.15) is 46.1 Å². The second-order valence-electron chi connectivity index (χ2n) is 7.90. The Labute approximate surface area is 135 Å². The minimum absolute atomic E-state index is 0.0553. The minimum Gasteiger partial charge on any atom is -0.494 e. The van der Waals surface area contributed by atoms with Crippen LogP contribution in [0.4, 0.5) is 0 Å². The number of rotatable bonds is 2. The molecule has 0 unspecified atom stereocenters. The largest absolute Gasteiger partial charge is 0.494 e. The molecule has 3 N–H and O–H groups in total. The van der Waals surface area contributed by atoms with Gasteiger partial charge >= 0.3 is 5.69 Å². The topological polar surface area (TPSA) is 93.2 Å². The molecule has 2 heterocycles. The Morgan fingerprint density at radius 3 is 2.17 bits per heavy atom. The molecule has 128 valence electrons. The van der Waals surface area contributed by atoms with E-state index in [1.54, 1.807) is 0 Å².